The Morgan fingerprint density at radius 1 is 1.08 bits per heavy atom. The third kappa shape index (κ3) is 3.36. The lowest BCUT2D eigenvalue weighted by Crippen LogP contribution is -2.22. The molecule has 3 aromatic rings. The van der Waals surface area contributed by atoms with Crippen molar-refractivity contribution < 1.29 is 31.1 Å². The molecule has 1 aliphatic heterocycles. The maximum absolute atomic E-state index is 13.8. The maximum Gasteiger partial charge on any atom is 0.418 e. The predicted molar refractivity (Wildman–Crippen MR) is 114 cm³/mol. The molecule has 3 aromatic heterocycles. The van der Waals surface area contributed by atoms with Gasteiger partial charge in [-0.25, -0.2) is 15.0 Å². The molecule has 0 bridgehead atoms. The zero-order valence-corrected chi connectivity index (χ0v) is 18.9. The number of alkyl halides is 6. The third-order valence-electron chi connectivity index (χ3n) is 7.90. The number of nitrogens with zero attached hydrogens (tertiary/aromatic N) is 3. The number of halogens is 6. The van der Waals surface area contributed by atoms with Gasteiger partial charge >= 0.3 is 12.4 Å². The Balaban J connectivity index is 1.45. The number of aryl methyl sites for hydroxylation is 1. The number of H-pyrrole nitrogens is 1. The van der Waals surface area contributed by atoms with Crippen LogP contribution >= 0.6 is 0 Å². The lowest BCUT2D eigenvalue weighted by atomic mass is 9.91. The van der Waals surface area contributed by atoms with Gasteiger partial charge in [0.05, 0.1) is 28.5 Å². The quantitative estimate of drug-likeness (QED) is 0.486. The normalized spacial score (nSPS) is 29.8. The van der Waals surface area contributed by atoms with Crippen LogP contribution < -0.4 is 5.56 Å². The molecular formula is C24H20F6N4O2. The number of ether oxygens (including phenoxy) is 1. The van der Waals surface area contributed by atoms with Gasteiger partial charge in [-0.3, -0.25) is 4.79 Å². The number of nitrogens with one attached hydrogen (secondary N) is 1. The SMILES string of the molecule is Cc1nc2nc(C3CCOC(c4ccc(=O)[nH]c4)C3)nc(C34CC3(C(F)(F)F)C4)c2cc1C(F)(F)F. The molecule has 6 rings (SSSR count). The first-order valence-electron chi connectivity index (χ1n) is 11.5. The summed E-state index contributed by atoms with van der Waals surface area (Å²) in [6, 6.07) is 3.84. The largest absolute Gasteiger partial charge is 0.418 e. The minimum absolute atomic E-state index is 0.00454. The summed E-state index contributed by atoms with van der Waals surface area (Å²) < 4.78 is 87.9. The van der Waals surface area contributed by atoms with Gasteiger partial charge in [0, 0.05) is 35.6 Å². The molecular weight excluding hydrogens is 490 g/mol. The van der Waals surface area contributed by atoms with Crippen molar-refractivity contribution >= 4 is 11.0 Å². The van der Waals surface area contributed by atoms with Crippen LogP contribution in [0, 0.1) is 12.3 Å². The number of fused-ring (bicyclic) bond motifs is 2. The monoisotopic (exact) mass is 510 g/mol. The lowest BCUT2D eigenvalue weighted by Gasteiger charge is -2.29. The average Bonchev–Trinajstić information content (AvgIpc) is 3.66. The van der Waals surface area contributed by atoms with Gasteiger partial charge in [0.25, 0.3) is 0 Å². The molecule has 0 aromatic carbocycles. The topological polar surface area (TPSA) is 80.8 Å². The summed E-state index contributed by atoms with van der Waals surface area (Å²) in [6.45, 7) is 1.53. The van der Waals surface area contributed by atoms with Gasteiger partial charge in [-0.05, 0) is 50.3 Å². The van der Waals surface area contributed by atoms with E-state index in [9.17, 15) is 31.1 Å². The molecule has 1 saturated heterocycles. The van der Waals surface area contributed by atoms with Crippen molar-refractivity contribution in [1.29, 1.82) is 0 Å². The molecule has 1 N–H and O–H groups in total. The minimum atomic E-state index is -4.71. The fourth-order valence-corrected chi connectivity index (χ4v) is 5.64. The molecule has 2 atom stereocenters. The fraction of sp³-hybridized carbons (Fsp3) is 0.500. The van der Waals surface area contributed by atoms with Crippen molar-refractivity contribution in [1.82, 2.24) is 19.9 Å². The standard InChI is InChI=1S/C24H20F6N4O2/c1-11-15(23(25,26)27)7-14-18(21-9-22(21,10-21)24(28,29)30)33-19(34-20(14)32-11)12-4-5-36-16(6-12)13-2-3-17(35)31-8-13/h2-3,7-8,12,16H,4-6,9-10H2,1H3,(H,31,35). The van der Waals surface area contributed by atoms with E-state index in [1.165, 1.54) is 19.2 Å². The minimum Gasteiger partial charge on any atom is -0.373 e. The van der Waals surface area contributed by atoms with Crippen LogP contribution in [0.2, 0.25) is 0 Å². The Bertz CT molecular complexity index is 1420. The highest BCUT2D eigenvalue weighted by Crippen LogP contribution is 2.90. The zero-order chi connectivity index (χ0) is 25.7. The first-order valence-corrected chi connectivity index (χ1v) is 11.5. The maximum atomic E-state index is 13.8. The Labute approximate surface area is 200 Å². The summed E-state index contributed by atoms with van der Waals surface area (Å²) in [5.41, 5.74) is -4.14. The third-order valence-corrected chi connectivity index (χ3v) is 7.90. The Morgan fingerprint density at radius 3 is 2.44 bits per heavy atom. The summed E-state index contributed by atoms with van der Waals surface area (Å²) in [5, 5.41) is -0.0791. The Morgan fingerprint density at radius 2 is 1.83 bits per heavy atom. The molecule has 4 heterocycles. The van der Waals surface area contributed by atoms with Gasteiger partial charge in [-0.2, -0.15) is 26.3 Å². The van der Waals surface area contributed by atoms with Crippen LogP contribution in [0.5, 0.6) is 0 Å². The summed E-state index contributed by atoms with van der Waals surface area (Å²) in [6.07, 6.45) is -7.55. The molecule has 0 amide bonds. The van der Waals surface area contributed by atoms with E-state index in [0.29, 0.717) is 19.4 Å². The van der Waals surface area contributed by atoms with Crippen LogP contribution in [-0.2, 0) is 16.3 Å². The first-order chi connectivity index (χ1) is 16.8. The molecule has 6 nitrogen and oxygen atoms in total. The lowest BCUT2D eigenvalue weighted by molar-refractivity contribution is -0.167. The van der Waals surface area contributed by atoms with Crippen molar-refractivity contribution in [2.75, 3.05) is 6.61 Å². The molecule has 0 spiro atoms. The number of aromatic nitrogens is 4. The average molecular weight is 510 g/mol. The highest BCUT2D eigenvalue weighted by Gasteiger charge is 2.94. The molecule has 2 saturated carbocycles. The zero-order valence-electron chi connectivity index (χ0n) is 18.9. The van der Waals surface area contributed by atoms with Crippen LogP contribution in [0.25, 0.3) is 11.0 Å². The van der Waals surface area contributed by atoms with E-state index in [2.05, 4.69) is 19.9 Å². The molecule has 190 valence electrons. The molecule has 36 heavy (non-hydrogen) atoms. The summed E-state index contributed by atoms with van der Waals surface area (Å²) in [5.74, 6) is -0.0523. The van der Waals surface area contributed by atoms with Crippen molar-refractivity contribution in [3.05, 3.63) is 63.1 Å². The van der Waals surface area contributed by atoms with Crippen molar-refractivity contribution in [2.45, 2.75) is 62.4 Å². The second-order valence-electron chi connectivity index (χ2n) is 10.0. The van der Waals surface area contributed by atoms with E-state index < -0.39 is 34.8 Å². The van der Waals surface area contributed by atoms with Crippen LogP contribution in [0.4, 0.5) is 26.3 Å². The van der Waals surface area contributed by atoms with E-state index in [4.69, 9.17) is 4.74 Å². The number of pyridine rings is 2. The molecule has 3 aliphatic rings. The fourth-order valence-electron chi connectivity index (χ4n) is 5.64. The van der Waals surface area contributed by atoms with E-state index in [-0.39, 0.29) is 52.6 Å². The van der Waals surface area contributed by atoms with Crippen LogP contribution in [0.1, 0.15) is 66.0 Å². The van der Waals surface area contributed by atoms with Gasteiger partial charge in [0.2, 0.25) is 5.56 Å². The smallest absolute Gasteiger partial charge is 0.373 e. The van der Waals surface area contributed by atoms with E-state index >= 15 is 0 Å². The number of hydrogen-bond donors (Lipinski definition) is 1. The van der Waals surface area contributed by atoms with Crippen molar-refractivity contribution in [3.63, 3.8) is 0 Å². The molecule has 2 unspecified atom stereocenters. The van der Waals surface area contributed by atoms with Gasteiger partial charge in [-0.15, -0.1) is 0 Å². The second-order valence-corrected chi connectivity index (χ2v) is 10.0. The van der Waals surface area contributed by atoms with E-state index in [1.54, 1.807) is 6.07 Å². The molecule has 2 aliphatic carbocycles. The highest BCUT2D eigenvalue weighted by atomic mass is 19.4. The highest BCUT2D eigenvalue weighted by molar-refractivity contribution is 5.82. The first kappa shape index (κ1) is 23.4. The van der Waals surface area contributed by atoms with Crippen LogP contribution in [0.15, 0.2) is 29.2 Å². The van der Waals surface area contributed by atoms with Crippen molar-refractivity contribution in [3.8, 4) is 0 Å². The summed E-state index contributed by atoms with van der Waals surface area (Å²) >= 11 is 0. The molecule has 3 fully saturated rings. The van der Waals surface area contributed by atoms with Crippen LogP contribution in [-0.4, -0.2) is 32.7 Å². The summed E-state index contributed by atoms with van der Waals surface area (Å²) in [4.78, 5) is 27.0. The summed E-state index contributed by atoms with van der Waals surface area (Å²) in [7, 11) is 0. The van der Waals surface area contributed by atoms with Crippen molar-refractivity contribution in [2.24, 2.45) is 5.41 Å². The van der Waals surface area contributed by atoms with E-state index in [0.717, 1.165) is 11.6 Å². The Kier molecular flexibility index (Phi) is 4.72. The van der Waals surface area contributed by atoms with Gasteiger partial charge in [-0.1, -0.05) is 0 Å². The number of hydrogen-bond acceptors (Lipinski definition) is 5. The van der Waals surface area contributed by atoms with Gasteiger partial charge in [0.15, 0.2) is 5.65 Å². The van der Waals surface area contributed by atoms with Gasteiger partial charge in [0.1, 0.15) is 5.82 Å². The predicted octanol–water partition coefficient (Wildman–Crippen LogP) is 5.27. The van der Waals surface area contributed by atoms with Gasteiger partial charge < -0.3 is 9.72 Å². The molecule has 0 radical (unpaired) electrons. The molecule has 12 heteroatoms. The van der Waals surface area contributed by atoms with Crippen LogP contribution in [0.3, 0.4) is 0 Å². The number of rotatable bonds is 3. The van der Waals surface area contributed by atoms with E-state index in [1.807, 2.05) is 0 Å². The Hall–Kier alpha value is -3.02. The second kappa shape index (κ2) is 7.27. The number of aromatic amines is 1.